The van der Waals surface area contributed by atoms with E-state index in [4.69, 9.17) is 4.74 Å². The van der Waals surface area contributed by atoms with Gasteiger partial charge in [0.2, 0.25) is 10.0 Å². The summed E-state index contributed by atoms with van der Waals surface area (Å²) in [5.41, 5.74) is 2.26. The monoisotopic (exact) mass is 437 g/mol. The summed E-state index contributed by atoms with van der Waals surface area (Å²) < 4.78 is 32.4. The summed E-state index contributed by atoms with van der Waals surface area (Å²) in [4.78, 5) is 15.3. The van der Waals surface area contributed by atoms with Crippen molar-refractivity contribution in [2.45, 2.75) is 38.0 Å². The predicted molar refractivity (Wildman–Crippen MR) is 114 cm³/mol. The summed E-state index contributed by atoms with van der Waals surface area (Å²) in [7, 11) is -3.56. The van der Waals surface area contributed by atoms with Gasteiger partial charge in [-0.3, -0.25) is 4.79 Å². The van der Waals surface area contributed by atoms with Gasteiger partial charge in [0.25, 0.3) is 5.91 Å². The molecule has 0 unspecified atom stereocenters. The highest BCUT2D eigenvalue weighted by Gasteiger charge is 2.27. The third-order valence-corrected chi connectivity index (χ3v) is 7.39. The van der Waals surface area contributed by atoms with Crippen LogP contribution in [0.4, 0.5) is 0 Å². The zero-order chi connectivity index (χ0) is 20.9. The molecular formula is C20H27N3O4S2. The summed E-state index contributed by atoms with van der Waals surface area (Å²) >= 11 is 1.74. The lowest BCUT2D eigenvalue weighted by molar-refractivity contribution is 0.0657. The molecule has 0 radical (unpaired) electrons. The number of carbonyl (C=O) groups is 1. The predicted octanol–water partition coefficient (Wildman–Crippen LogP) is 2.61. The van der Waals surface area contributed by atoms with E-state index in [9.17, 15) is 13.2 Å². The first-order valence-electron chi connectivity index (χ1n) is 9.60. The van der Waals surface area contributed by atoms with Crippen LogP contribution in [-0.2, 0) is 27.9 Å². The molecular weight excluding hydrogens is 410 g/mol. The van der Waals surface area contributed by atoms with Crippen LogP contribution >= 0.6 is 11.8 Å². The average Bonchev–Trinajstić information content (AvgIpc) is 3.23. The maximum absolute atomic E-state index is 12.7. The fourth-order valence-electron chi connectivity index (χ4n) is 2.88. The van der Waals surface area contributed by atoms with Crippen molar-refractivity contribution in [3.05, 3.63) is 53.3 Å². The van der Waals surface area contributed by atoms with Crippen LogP contribution in [0.1, 0.15) is 35.5 Å². The van der Waals surface area contributed by atoms with Crippen molar-refractivity contribution >= 4 is 27.7 Å². The van der Waals surface area contributed by atoms with Gasteiger partial charge in [-0.25, -0.2) is 8.42 Å². The molecule has 1 saturated heterocycles. The molecule has 7 nitrogen and oxygen atoms in total. The Morgan fingerprint density at radius 2 is 1.86 bits per heavy atom. The number of sulfonamides is 1. The number of hydrogen-bond acceptors (Lipinski definition) is 5. The number of benzene rings is 1. The first-order chi connectivity index (χ1) is 13.9. The molecule has 9 heteroatoms. The Bertz CT molecular complexity index is 917. The second kappa shape index (κ2) is 9.80. The van der Waals surface area contributed by atoms with Crippen molar-refractivity contribution in [2.24, 2.45) is 0 Å². The molecule has 1 aliphatic rings. The van der Waals surface area contributed by atoms with Crippen molar-refractivity contribution < 1.29 is 17.9 Å². The fourth-order valence-corrected chi connectivity index (χ4v) is 5.45. The van der Waals surface area contributed by atoms with Crippen LogP contribution in [0, 0.1) is 0 Å². The zero-order valence-electron chi connectivity index (χ0n) is 16.7. The molecule has 1 aliphatic heterocycles. The highest BCUT2D eigenvalue weighted by molar-refractivity contribution is 7.99. The number of nitrogens with one attached hydrogen (secondary N) is 2. The zero-order valence-corrected chi connectivity index (χ0v) is 18.3. The van der Waals surface area contributed by atoms with E-state index < -0.39 is 10.0 Å². The Morgan fingerprint density at radius 3 is 2.52 bits per heavy atom. The highest BCUT2D eigenvalue weighted by atomic mass is 32.2. The first kappa shape index (κ1) is 21.9. The smallest absolute Gasteiger partial charge is 0.268 e. The number of aromatic amines is 1. The minimum Gasteiger partial charge on any atom is -0.374 e. The van der Waals surface area contributed by atoms with E-state index in [0.29, 0.717) is 26.2 Å². The van der Waals surface area contributed by atoms with E-state index in [-0.39, 0.29) is 22.6 Å². The summed E-state index contributed by atoms with van der Waals surface area (Å²) in [6.07, 6.45) is 1.56. The summed E-state index contributed by atoms with van der Waals surface area (Å²) in [5, 5.41) is 2.82. The van der Waals surface area contributed by atoms with Gasteiger partial charge in [0.1, 0.15) is 10.6 Å². The number of thioether (sulfide) groups is 1. The number of amides is 1. The van der Waals surface area contributed by atoms with E-state index in [2.05, 4.69) is 10.3 Å². The van der Waals surface area contributed by atoms with Crippen molar-refractivity contribution in [3.63, 3.8) is 0 Å². The molecule has 0 spiro atoms. The largest absolute Gasteiger partial charge is 0.374 e. The van der Waals surface area contributed by atoms with Crippen LogP contribution in [0.3, 0.4) is 0 Å². The van der Waals surface area contributed by atoms with Gasteiger partial charge in [-0.1, -0.05) is 24.3 Å². The third kappa shape index (κ3) is 5.85. The van der Waals surface area contributed by atoms with Gasteiger partial charge in [0.15, 0.2) is 0 Å². The van der Waals surface area contributed by atoms with Crippen molar-refractivity contribution in [1.82, 2.24) is 14.6 Å². The van der Waals surface area contributed by atoms with Gasteiger partial charge >= 0.3 is 0 Å². The molecule has 3 rings (SSSR count). The van der Waals surface area contributed by atoms with E-state index in [1.807, 2.05) is 38.1 Å². The second-order valence-electron chi connectivity index (χ2n) is 7.12. The number of H-pyrrole nitrogens is 1. The molecule has 0 bridgehead atoms. The summed E-state index contributed by atoms with van der Waals surface area (Å²) in [5.74, 6) is 1.24. The topological polar surface area (TPSA) is 91.5 Å². The van der Waals surface area contributed by atoms with E-state index in [0.717, 1.165) is 22.6 Å². The van der Waals surface area contributed by atoms with E-state index >= 15 is 0 Å². The Morgan fingerprint density at radius 1 is 1.21 bits per heavy atom. The number of ether oxygens (including phenoxy) is 1. The van der Waals surface area contributed by atoms with Crippen LogP contribution in [0.25, 0.3) is 0 Å². The van der Waals surface area contributed by atoms with Crippen LogP contribution in [0.15, 0.2) is 41.4 Å². The van der Waals surface area contributed by atoms with Gasteiger partial charge in [0.05, 0.1) is 12.7 Å². The summed E-state index contributed by atoms with van der Waals surface area (Å²) in [6.45, 7) is 5.89. The Kier molecular flexibility index (Phi) is 7.39. The molecule has 29 heavy (non-hydrogen) atoms. The number of carbonyl (C=O) groups excluding carboxylic acids is 1. The molecule has 1 fully saturated rings. The molecule has 2 heterocycles. The van der Waals surface area contributed by atoms with Crippen LogP contribution in [0.2, 0.25) is 0 Å². The van der Waals surface area contributed by atoms with Crippen LogP contribution in [0.5, 0.6) is 0 Å². The SMILES string of the molecule is CC(C)OCc1ccc(CNC(=O)c2cc(S(=O)(=O)N3CCSCC3)c[nH]2)cc1. The second-order valence-corrected chi connectivity index (χ2v) is 10.3. The van der Waals surface area contributed by atoms with Gasteiger partial charge in [-0.2, -0.15) is 16.1 Å². The lowest BCUT2D eigenvalue weighted by Crippen LogP contribution is -2.37. The molecule has 0 aliphatic carbocycles. The van der Waals surface area contributed by atoms with E-state index in [1.54, 1.807) is 11.8 Å². The quantitative estimate of drug-likeness (QED) is 0.662. The standard InChI is InChI=1S/C20H27N3O4S2/c1-15(2)27-14-17-5-3-16(4-6-17)12-22-20(24)19-11-18(13-21-19)29(25,26)23-7-9-28-10-8-23/h3-6,11,13,15,21H,7-10,12,14H2,1-2H3,(H,22,24). The number of rotatable bonds is 8. The van der Waals surface area contributed by atoms with Gasteiger partial charge < -0.3 is 15.0 Å². The maximum atomic E-state index is 12.7. The van der Waals surface area contributed by atoms with Crippen molar-refractivity contribution in [1.29, 1.82) is 0 Å². The third-order valence-electron chi connectivity index (χ3n) is 4.57. The molecule has 2 N–H and O–H groups in total. The van der Waals surface area contributed by atoms with E-state index in [1.165, 1.54) is 16.6 Å². The van der Waals surface area contributed by atoms with Crippen LogP contribution in [-0.4, -0.2) is 54.3 Å². The molecule has 158 valence electrons. The number of hydrogen-bond donors (Lipinski definition) is 2. The van der Waals surface area contributed by atoms with Crippen molar-refractivity contribution in [3.8, 4) is 0 Å². The molecule has 0 atom stereocenters. The highest BCUT2D eigenvalue weighted by Crippen LogP contribution is 2.21. The lowest BCUT2D eigenvalue weighted by atomic mass is 10.1. The lowest BCUT2D eigenvalue weighted by Gasteiger charge is -2.24. The normalized spacial score (nSPS) is 15.6. The molecule has 0 saturated carbocycles. The van der Waals surface area contributed by atoms with Gasteiger partial charge in [-0.15, -0.1) is 0 Å². The average molecular weight is 438 g/mol. The molecule has 2 aromatic rings. The maximum Gasteiger partial charge on any atom is 0.268 e. The number of aromatic nitrogens is 1. The molecule has 1 aromatic heterocycles. The Balaban J connectivity index is 1.56. The molecule has 1 amide bonds. The first-order valence-corrected chi connectivity index (χ1v) is 12.2. The van der Waals surface area contributed by atoms with Crippen molar-refractivity contribution in [2.75, 3.05) is 24.6 Å². The minimum absolute atomic E-state index is 0.129. The minimum atomic E-state index is -3.56. The molecule has 1 aromatic carbocycles. The number of nitrogens with zero attached hydrogens (tertiary/aromatic N) is 1. The van der Waals surface area contributed by atoms with Crippen LogP contribution < -0.4 is 5.32 Å². The van der Waals surface area contributed by atoms with Gasteiger partial charge in [-0.05, 0) is 31.0 Å². The Labute approximate surface area is 176 Å². The Hall–Kier alpha value is -1.81. The van der Waals surface area contributed by atoms with Gasteiger partial charge in [0, 0.05) is 37.3 Å². The summed E-state index contributed by atoms with van der Waals surface area (Å²) in [6, 6.07) is 9.23. The fraction of sp³-hybridized carbons (Fsp3) is 0.450.